The van der Waals surface area contributed by atoms with E-state index in [1.54, 1.807) is 26.2 Å². The number of ether oxygens (including phenoxy) is 2. The molecule has 0 unspecified atom stereocenters. The van der Waals surface area contributed by atoms with Gasteiger partial charge >= 0.3 is 0 Å². The molecule has 0 atom stereocenters. The molecule has 4 saturated carbocycles. The summed E-state index contributed by atoms with van der Waals surface area (Å²) in [4.78, 5) is 27.3. The highest BCUT2D eigenvalue weighted by atomic mass is 16.5. The van der Waals surface area contributed by atoms with Crippen LogP contribution in [0.25, 0.3) is 0 Å². The summed E-state index contributed by atoms with van der Waals surface area (Å²) in [7, 11) is 4.99. The minimum Gasteiger partial charge on any atom is -0.493 e. The summed E-state index contributed by atoms with van der Waals surface area (Å²) in [5, 5.41) is 3.10. The van der Waals surface area contributed by atoms with Gasteiger partial charge in [0.1, 0.15) is 0 Å². The number of carbonyl (C=O) groups excluding carboxylic acids is 2. The maximum atomic E-state index is 13.0. The summed E-state index contributed by atoms with van der Waals surface area (Å²) in [6, 6.07) is 5.66. The third-order valence-corrected chi connectivity index (χ3v) is 7.44. The van der Waals surface area contributed by atoms with E-state index >= 15 is 0 Å². The molecule has 0 aromatic heterocycles. The Morgan fingerprint density at radius 2 is 1.63 bits per heavy atom. The van der Waals surface area contributed by atoms with Crippen molar-refractivity contribution in [2.45, 2.75) is 51.5 Å². The summed E-state index contributed by atoms with van der Waals surface area (Å²) in [5.74, 6) is 3.78. The molecule has 4 bridgehead atoms. The Morgan fingerprint density at radius 3 is 2.20 bits per heavy atom. The Hall–Kier alpha value is -2.24. The van der Waals surface area contributed by atoms with Crippen LogP contribution in [0.2, 0.25) is 0 Å². The fourth-order valence-corrected chi connectivity index (χ4v) is 6.39. The van der Waals surface area contributed by atoms with E-state index < -0.39 is 0 Å². The van der Waals surface area contributed by atoms with Gasteiger partial charge in [-0.3, -0.25) is 9.59 Å². The Kier molecular flexibility index (Phi) is 5.94. The van der Waals surface area contributed by atoms with Gasteiger partial charge in [-0.2, -0.15) is 0 Å². The number of rotatable bonds is 8. The van der Waals surface area contributed by atoms with Crippen LogP contribution in [0, 0.1) is 23.2 Å². The number of carbonyl (C=O) groups is 2. The summed E-state index contributed by atoms with van der Waals surface area (Å²) < 4.78 is 10.6. The van der Waals surface area contributed by atoms with Crippen molar-refractivity contribution in [2.75, 3.05) is 27.8 Å². The minimum absolute atomic E-state index is 0.0237. The highest BCUT2D eigenvalue weighted by Gasteiger charge is 2.54. The molecule has 6 nitrogen and oxygen atoms in total. The van der Waals surface area contributed by atoms with E-state index in [9.17, 15) is 9.59 Å². The van der Waals surface area contributed by atoms with Gasteiger partial charge in [-0.1, -0.05) is 6.07 Å². The van der Waals surface area contributed by atoms with Gasteiger partial charge in [0.05, 0.1) is 14.2 Å². The average Bonchev–Trinajstić information content (AvgIpc) is 2.72. The molecule has 1 aromatic rings. The predicted octanol–water partition coefficient (Wildman–Crippen LogP) is 3.38. The number of benzene rings is 1. The van der Waals surface area contributed by atoms with Crippen LogP contribution in [0.15, 0.2) is 18.2 Å². The van der Waals surface area contributed by atoms with E-state index in [1.807, 2.05) is 18.2 Å². The molecule has 6 heteroatoms. The monoisotopic (exact) mass is 414 g/mol. The lowest BCUT2D eigenvalue weighted by molar-refractivity contribution is -0.146. The Morgan fingerprint density at radius 1 is 1.03 bits per heavy atom. The topological polar surface area (TPSA) is 67.9 Å². The fourth-order valence-electron chi connectivity index (χ4n) is 6.39. The van der Waals surface area contributed by atoms with Crippen molar-refractivity contribution < 1.29 is 19.1 Å². The Balaban J connectivity index is 1.26. The zero-order valence-electron chi connectivity index (χ0n) is 18.4. The molecule has 0 heterocycles. The molecule has 0 aliphatic heterocycles. The van der Waals surface area contributed by atoms with E-state index in [1.165, 1.54) is 19.3 Å². The molecule has 2 amide bonds. The lowest BCUT2D eigenvalue weighted by atomic mass is 9.49. The highest BCUT2D eigenvalue weighted by molar-refractivity contribution is 5.84. The van der Waals surface area contributed by atoms with Gasteiger partial charge in [-0.25, -0.2) is 0 Å². The molecule has 164 valence electrons. The number of nitrogens with zero attached hydrogens (tertiary/aromatic N) is 1. The van der Waals surface area contributed by atoms with E-state index in [4.69, 9.17) is 9.47 Å². The zero-order chi connectivity index (χ0) is 21.3. The number of amides is 2. The van der Waals surface area contributed by atoms with Crippen molar-refractivity contribution in [2.24, 2.45) is 23.2 Å². The summed E-state index contributed by atoms with van der Waals surface area (Å²) >= 11 is 0. The van der Waals surface area contributed by atoms with Crippen LogP contribution >= 0.6 is 0 Å². The van der Waals surface area contributed by atoms with E-state index in [2.05, 4.69) is 5.32 Å². The fraction of sp³-hybridized carbons (Fsp3) is 0.667. The van der Waals surface area contributed by atoms with Crippen LogP contribution in [0.1, 0.15) is 50.5 Å². The summed E-state index contributed by atoms with van der Waals surface area (Å²) in [6.07, 6.45) is 7.46. The van der Waals surface area contributed by atoms with E-state index in [-0.39, 0.29) is 17.2 Å². The maximum absolute atomic E-state index is 13.0. The molecule has 30 heavy (non-hydrogen) atoms. The minimum atomic E-state index is -0.149. The molecule has 1 aromatic carbocycles. The lowest BCUT2D eigenvalue weighted by Gasteiger charge is -2.55. The number of hydrogen-bond donors (Lipinski definition) is 1. The van der Waals surface area contributed by atoms with E-state index in [0.717, 1.165) is 42.6 Å². The lowest BCUT2D eigenvalue weighted by Crippen LogP contribution is -2.53. The number of hydrogen-bond acceptors (Lipinski definition) is 4. The van der Waals surface area contributed by atoms with Gasteiger partial charge in [0, 0.05) is 32.0 Å². The highest BCUT2D eigenvalue weighted by Crippen LogP contribution is 2.60. The molecule has 4 aliphatic rings. The molecule has 5 rings (SSSR count). The molecule has 4 aliphatic carbocycles. The van der Waals surface area contributed by atoms with Crippen LogP contribution in [0.3, 0.4) is 0 Å². The van der Waals surface area contributed by atoms with Crippen molar-refractivity contribution in [3.8, 4) is 11.5 Å². The second-order valence-corrected chi connectivity index (χ2v) is 9.64. The summed E-state index contributed by atoms with van der Waals surface area (Å²) in [5.41, 5.74) is 0.824. The van der Waals surface area contributed by atoms with Gasteiger partial charge in [-0.15, -0.1) is 0 Å². The maximum Gasteiger partial charge on any atom is 0.226 e. The van der Waals surface area contributed by atoms with Gasteiger partial charge < -0.3 is 19.7 Å². The van der Waals surface area contributed by atoms with Gasteiger partial charge in [0.25, 0.3) is 0 Å². The molecule has 0 spiro atoms. The SMILES string of the molecule is COc1ccc(CN(C)C(=O)CCNC(=O)C23CC4CC(CC(C4)C2)C3)cc1OC. The second-order valence-electron chi connectivity index (χ2n) is 9.64. The smallest absolute Gasteiger partial charge is 0.226 e. The van der Waals surface area contributed by atoms with Crippen LogP contribution in [-0.2, 0) is 16.1 Å². The third-order valence-electron chi connectivity index (χ3n) is 7.44. The predicted molar refractivity (Wildman–Crippen MR) is 114 cm³/mol. The first-order valence-corrected chi connectivity index (χ1v) is 11.2. The molecular weight excluding hydrogens is 380 g/mol. The first kappa shape index (κ1) is 21.0. The van der Waals surface area contributed by atoms with Crippen molar-refractivity contribution in [3.63, 3.8) is 0 Å². The number of methoxy groups -OCH3 is 2. The molecule has 0 saturated heterocycles. The van der Waals surface area contributed by atoms with Gasteiger partial charge in [-0.05, 0) is 74.0 Å². The van der Waals surface area contributed by atoms with Crippen LogP contribution in [0.4, 0.5) is 0 Å². The van der Waals surface area contributed by atoms with Crippen LogP contribution in [-0.4, -0.2) is 44.5 Å². The Bertz CT molecular complexity index is 771. The molecular formula is C24H34N2O4. The van der Waals surface area contributed by atoms with Crippen LogP contribution < -0.4 is 14.8 Å². The Labute approximate surface area is 179 Å². The largest absolute Gasteiger partial charge is 0.493 e. The van der Waals surface area contributed by atoms with Gasteiger partial charge in [0.2, 0.25) is 11.8 Å². The number of nitrogens with one attached hydrogen (secondary N) is 1. The van der Waals surface area contributed by atoms with E-state index in [0.29, 0.717) is 31.0 Å². The quantitative estimate of drug-likeness (QED) is 0.708. The molecule has 4 fully saturated rings. The first-order chi connectivity index (χ1) is 14.4. The molecule has 0 radical (unpaired) electrons. The second kappa shape index (κ2) is 8.48. The van der Waals surface area contributed by atoms with Crippen molar-refractivity contribution in [3.05, 3.63) is 23.8 Å². The first-order valence-electron chi connectivity index (χ1n) is 11.2. The average molecular weight is 415 g/mol. The zero-order valence-corrected chi connectivity index (χ0v) is 18.4. The standard InChI is InChI=1S/C24H34N2O4/c1-26(15-16-4-5-20(29-2)21(11-16)30-3)22(27)6-7-25-23(28)24-12-17-8-18(13-24)10-19(9-17)14-24/h4-5,11,17-19H,6-10,12-15H2,1-3H3,(H,25,28). The van der Waals surface area contributed by atoms with Crippen molar-refractivity contribution >= 4 is 11.8 Å². The van der Waals surface area contributed by atoms with Crippen LogP contribution in [0.5, 0.6) is 11.5 Å². The molecule has 1 N–H and O–H groups in total. The normalized spacial score (nSPS) is 28.8. The van der Waals surface area contributed by atoms with Crippen molar-refractivity contribution in [1.29, 1.82) is 0 Å². The summed E-state index contributed by atoms with van der Waals surface area (Å²) in [6.45, 7) is 0.901. The van der Waals surface area contributed by atoms with Gasteiger partial charge in [0.15, 0.2) is 11.5 Å². The van der Waals surface area contributed by atoms with Crippen molar-refractivity contribution in [1.82, 2.24) is 10.2 Å². The third kappa shape index (κ3) is 4.14.